The van der Waals surface area contributed by atoms with Gasteiger partial charge in [0.1, 0.15) is 0 Å². The second kappa shape index (κ2) is 8.07. The van der Waals surface area contributed by atoms with Gasteiger partial charge in [0, 0.05) is 38.8 Å². The number of aliphatic hydroxyl groups is 1. The number of piperidine rings is 1. The molecule has 5 heteroatoms. The lowest BCUT2D eigenvalue weighted by Crippen LogP contribution is -2.46. The third-order valence-corrected chi connectivity index (χ3v) is 6.27. The van der Waals surface area contributed by atoms with Crippen LogP contribution >= 0.6 is 0 Å². The first kappa shape index (κ1) is 18.0. The van der Waals surface area contributed by atoms with Crippen LogP contribution in [-0.4, -0.2) is 83.7 Å². The van der Waals surface area contributed by atoms with E-state index in [-0.39, 0.29) is 12.0 Å². The number of carbonyl (C=O) groups is 1. The molecule has 1 amide bonds. The second-order valence-electron chi connectivity index (χ2n) is 8.13. The summed E-state index contributed by atoms with van der Waals surface area (Å²) in [7, 11) is 0. The van der Waals surface area contributed by atoms with Crippen LogP contribution in [0.15, 0.2) is 24.3 Å². The van der Waals surface area contributed by atoms with Crippen LogP contribution in [0, 0.1) is 0 Å². The molecule has 142 valence electrons. The SMILES string of the molecule is O=C(CN1CCCC(O)C1)N1CCCN(C2Cc3ccccc3C2)CC1. The molecule has 1 unspecified atom stereocenters. The van der Waals surface area contributed by atoms with Crippen molar-refractivity contribution in [2.45, 2.75) is 44.2 Å². The second-order valence-corrected chi connectivity index (χ2v) is 8.13. The van der Waals surface area contributed by atoms with Gasteiger partial charge in [0.15, 0.2) is 0 Å². The molecular weight excluding hydrogens is 326 g/mol. The summed E-state index contributed by atoms with van der Waals surface area (Å²) in [6, 6.07) is 9.40. The summed E-state index contributed by atoms with van der Waals surface area (Å²) in [6.45, 7) is 5.81. The Balaban J connectivity index is 1.29. The van der Waals surface area contributed by atoms with Crippen LogP contribution in [0.4, 0.5) is 0 Å². The molecule has 0 aromatic heterocycles. The number of benzene rings is 1. The molecule has 2 heterocycles. The maximum atomic E-state index is 12.7. The molecular formula is C21H31N3O2. The Bertz CT molecular complexity index is 610. The monoisotopic (exact) mass is 357 g/mol. The van der Waals surface area contributed by atoms with Gasteiger partial charge in [-0.2, -0.15) is 0 Å². The molecule has 1 aliphatic carbocycles. The molecule has 1 atom stereocenters. The lowest BCUT2D eigenvalue weighted by atomic mass is 10.1. The van der Waals surface area contributed by atoms with Crippen molar-refractivity contribution in [3.05, 3.63) is 35.4 Å². The molecule has 2 saturated heterocycles. The highest BCUT2D eigenvalue weighted by molar-refractivity contribution is 5.78. The van der Waals surface area contributed by atoms with E-state index < -0.39 is 0 Å². The van der Waals surface area contributed by atoms with Crippen molar-refractivity contribution in [2.75, 3.05) is 45.8 Å². The maximum absolute atomic E-state index is 12.7. The highest BCUT2D eigenvalue weighted by atomic mass is 16.3. The lowest BCUT2D eigenvalue weighted by Gasteiger charge is -2.31. The smallest absolute Gasteiger partial charge is 0.236 e. The first-order valence-electron chi connectivity index (χ1n) is 10.2. The van der Waals surface area contributed by atoms with E-state index in [9.17, 15) is 9.90 Å². The summed E-state index contributed by atoms with van der Waals surface area (Å²) in [4.78, 5) is 19.5. The molecule has 2 aliphatic heterocycles. The van der Waals surface area contributed by atoms with Crippen LogP contribution in [0.2, 0.25) is 0 Å². The number of fused-ring (bicyclic) bond motifs is 1. The highest BCUT2D eigenvalue weighted by Gasteiger charge is 2.29. The molecule has 3 aliphatic rings. The van der Waals surface area contributed by atoms with Gasteiger partial charge in [-0.05, 0) is 49.8 Å². The predicted octanol–water partition coefficient (Wildman–Crippen LogP) is 1.14. The average molecular weight is 357 g/mol. The summed E-state index contributed by atoms with van der Waals surface area (Å²) in [5, 5.41) is 9.80. The molecule has 5 nitrogen and oxygen atoms in total. The van der Waals surface area contributed by atoms with Gasteiger partial charge in [0.2, 0.25) is 5.91 Å². The predicted molar refractivity (Wildman–Crippen MR) is 102 cm³/mol. The van der Waals surface area contributed by atoms with E-state index in [1.165, 1.54) is 11.1 Å². The molecule has 0 spiro atoms. The Labute approximate surface area is 156 Å². The molecule has 1 aromatic rings. The fourth-order valence-corrected chi connectivity index (χ4v) is 4.81. The van der Waals surface area contributed by atoms with Crippen LogP contribution in [0.25, 0.3) is 0 Å². The quantitative estimate of drug-likeness (QED) is 0.881. The molecule has 0 bridgehead atoms. The number of likely N-dealkylation sites (tertiary alicyclic amines) is 1. The number of rotatable bonds is 3. The minimum atomic E-state index is -0.264. The number of hydrogen-bond acceptors (Lipinski definition) is 4. The Hall–Kier alpha value is -1.43. The minimum absolute atomic E-state index is 0.232. The largest absolute Gasteiger partial charge is 0.392 e. The molecule has 4 rings (SSSR count). The first-order valence-corrected chi connectivity index (χ1v) is 10.2. The molecule has 0 saturated carbocycles. The number of amides is 1. The molecule has 26 heavy (non-hydrogen) atoms. The van der Waals surface area contributed by atoms with Gasteiger partial charge in [-0.25, -0.2) is 0 Å². The summed E-state index contributed by atoms with van der Waals surface area (Å²) in [5.41, 5.74) is 3.00. The summed E-state index contributed by atoms with van der Waals surface area (Å²) in [5.74, 6) is 0.232. The van der Waals surface area contributed by atoms with Crippen LogP contribution in [0.1, 0.15) is 30.4 Å². The summed E-state index contributed by atoms with van der Waals surface area (Å²) < 4.78 is 0. The van der Waals surface area contributed by atoms with E-state index in [1.807, 2.05) is 4.90 Å². The first-order chi connectivity index (χ1) is 12.7. The van der Waals surface area contributed by atoms with Crippen molar-refractivity contribution in [1.82, 2.24) is 14.7 Å². The average Bonchev–Trinajstić information content (AvgIpc) is 2.90. The zero-order valence-corrected chi connectivity index (χ0v) is 15.6. The zero-order chi connectivity index (χ0) is 17.9. The standard InChI is InChI=1S/C21H31N3O2/c25-20-7-3-8-22(15-20)16-21(26)24-10-4-9-23(11-12-24)19-13-17-5-1-2-6-18(17)14-19/h1-2,5-6,19-20,25H,3-4,7-16H2. The normalized spacial score (nSPS) is 25.9. The Morgan fingerprint density at radius 3 is 2.50 bits per heavy atom. The number of carbonyl (C=O) groups excluding carboxylic acids is 1. The van der Waals surface area contributed by atoms with Crippen molar-refractivity contribution < 1.29 is 9.90 Å². The van der Waals surface area contributed by atoms with Crippen LogP contribution in [0.3, 0.4) is 0 Å². The molecule has 1 N–H and O–H groups in total. The number of β-amino-alcohol motifs (C(OH)–C–C–N with tert-alkyl or cyclic N) is 1. The fourth-order valence-electron chi connectivity index (χ4n) is 4.81. The van der Waals surface area contributed by atoms with Gasteiger partial charge >= 0.3 is 0 Å². The fraction of sp³-hybridized carbons (Fsp3) is 0.667. The van der Waals surface area contributed by atoms with Crippen molar-refractivity contribution in [1.29, 1.82) is 0 Å². The third kappa shape index (κ3) is 4.11. The van der Waals surface area contributed by atoms with Crippen LogP contribution in [-0.2, 0) is 17.6 Å². The van der Waals surface area contributed by atoms with Crippen LogP contribution < -0.4 is 0 Å². The van der Waals surface area contributed by atoms with Gasteiger partial charge < -0.3 is 10.0 Å². The number of aliphatic hydroxyl groups excluding tert-OH is 1. The van der Waals surface area contributed by atoms with Crippen LogP contribution in [0.5, 0.6) is 0 Å². The summed E-state index contributed by atoms with van der Waals surface area (Å²) in [6.07, 6.45) is 4.95. The van der Waals surface area contributed by atoms with Crippen molar-refractivity contribution in [3.8, 4) is 0 Å². The Kier molecular flexibility index (Phi) is 5.57. The van der Waals surface area contributed by atoms with Gasteiger partial charge in [-0.3, -0.25) is 14.6 Å². The minimum Gasteiger partial charge on any atom is -0.392 e. The maximum Gasteiger partial charge on any atom is 0.236 e. The summed E-state index contributed by atoms with van der Waals surface area (Å²) >= 11 is 0. The van der Waals surface area contributed by atoms with Crippen molar-refractivity contribution in [3.63, 3.8) is 0 Å². The van der Waals surface area contributed by atoms with Gasteiger partial charge in [-0.15, -0.1) is 0 Å². The van der Waals surface area contributed by atoms with Gasteiger partial charge in [0.25, 0.3) is 0 Å². The van der Waals surface area contributed by atoms with Gasteiger partial charge in [0.05, 0.1) is 12.6 Å². The van der Waals surface area contributed by atoms with Crippen molar-refractivity contribution in [2.24, 2.45) is 0 Å². The molecule has 1 aromatic carbocycles. The van der Waals surface area contributed by atoms with Crippen molar-refractivity contribution >= 4 is 5.91 Å². The lowest BCUT2D eigenvalue weighted by molar-refractivity contribution is -0.133. The third-order valence-electron chi connectivity index (χ3n) is 6.27. The van der Waals surface area contributed by atoms with E-state index in [0.29, 0.717) is 19.1 Å². The van der Waals surface area contributed by atoms with E-state index >= 15 is 0 Å². The van der Waals surface area contributed by atoms with E-state index in [0.717, 1.165) is 64.8 Å². The van der Waals surface area contributed by atoms with E-state index in [1.54, 1.807) is 0 Å². The topological polar surface area (TPSA) is 47.0 Å². The molecule has 2 fully saturated rings. The Morgan fingerprint density at radius 2 is 1.77 bits per heavy atom. The van der Waals surface area contributed by atoms with Gasteiger partial charge in [-0.1, -0.05) is 24.3 Å². The zero-order valence-electron chi connectivity index (χ0n) is 15.6. The number of nitrogens with zero attached hydrogens (tertiary/aromatic N) is 3. The molecule has 0 radical (unpaired) electrons. The van der Waals surface area contributed by atoms with E-state index in [2.05, 4.69) is 34.1 Å². The number of hydrogen-bond donors (Lipinski definition) is 1. The van der Waals surface area contributed by atoms with E-state index in [4.69, 9.17) is 0 Å². The Morgan fingerprint density at radius 1 is 1.00 bits per heavy atom. The highest BCUT2D eigenvalue weighted by Crippen LogP contribution is 2.26.